The average molecular weight is 485 g/mol. The van der Waals surface area contributed by atoms with Crippen LogP contribution in [0.3, 0.4) is 0 Å². The van der Waals surface area contributed by atoms with E-state index in [-0.39, 0.29) is 25.0 Å². The lowest BCUT2D eigenvalue weighted by molar-refractivity contribution is -0.130. The molecular weight excluding hydrogens is 459 g/mol. The Morgan fingerprint density at radius 2 is 2.00 bits per heavy atom. The van der Waals surface area contributed by atoms with Gasteiger partial charge in [0, 0.05) is 6.54 Å². The summed E-state index contributed by atoms with van der Waals surface area (Å²) < 4.78 is 10.9. The minimum atomic E-state index is -0.618. The molecular formula is C21H26Cl2N4O5. The molecule has 3 atom stereocenters. The number of hydrogen-bond donors (Lipinski definition) is 4. The third-order valence-corrected chi connectivity index (χ3v) is 6.01. The number of aliphatic hydroxyl groups is 1. The van der Waals surface area contributed by atoms with Crippen LogP contribution in [0.5, 0.6) is 0 Å². The number of carbonyl (C=O) groups is 2. The van der Waals surface area contributed by atoms with Crippen LogP contribution in [0.25, 0.3) is 0 Å². The van der Waals surface area contributed by atoms with E-state index in [4.69, 9.17) is 32.5 Å². The van der Waals surface area contributed by atoms with Gasteiger partial charge in [0.05, 0.1) is 35.2 Å². The predicted molar refractivity (Wildman–Crippen MR) is 120 cm³/mol. The number of aromatic nitrogens is 1. The largest absolute Gasteiger partial charge is 0.394 e. The molecule has 1 saturated heterocycles. The number of nitrogens with zero attached hydrogens (tertiary/aromatic N) is 1. The predicted octanol–water partition coefficient (Wildman–Crippen LogP) is 3.33. The molecule has 1 fully saturated rings. The SMILES string of the molecule is Cc1noc(C)c1NC(=O)N[C@@H]1CC[C@H](CC(=O)NCc2ccc(Cl)c(Cl)c2)O[C@H]1CO. The lowest BCUT2D eigenvalue weighted by Crippen LogP contribution is -2.52. The molecule has 3 amide bonds. The summed E-state index contributed by atoms with van der Waals surface area (Å²) in [5.41, 5.74) is 1.92. The van der Waals surface area contributed by atoms with Crippen molar-refractivity contribution < 1.29 is 24.0 Å². The second-order valence-electron chi connectivity index (χ2n) is 7.69. The van der Waals surface area contributed by atoms with Gasteiger partial charge in [-0.2, -0.15) is 0 Å². The van der Waals surface area contributed by atoms with Crippen LogP contribution in [0.4, 0.5) is 10.5 Å². The summed E-state index contributed by atoms with van der Waals surface area (Å²) in [5, 5.41) is 22.8. The minimum Gasteiger partial charge on any atom is -0.394 e. The normalized spacial score (nSPS) is 20.6. The minimum absolute atomic E-state index is 0.149. The third-order valence-electron chi connectivity index (χ3n) is 5.27. The van der Waals surface area contributed by atoms with E-state index in [1.54, 1.807) is 32.0 Å². The van der Waals surface area contributed by atoms with E-state index >= 15 is 0 Å². The van der Waals surface area contributed by atoms with Crippen LogP contribution in [-0.2, 0) is 16.1 Å². The van der Waals surface area contributed by atoms with Crippen LogP contribution in [-0.4, -0.2) is 47.1 Å². The second kappa shape index (κ2) is 11.0. The molecule has 1 aromatic heterocycles. The Balaban J connectivity index is 1.46. The number of urea groups is 1. The van der Waals surface area contributed by atoms with Crippen LogP contribution < -0.4 is 16.0 Å². The standard InChI is InChI=1S/C21H26Cl2N4O5/c1-11-20(12(2)32-27-11)26-21(30)25-17-6-4-14(31-18(17)10-28)8-19(29)24-9-13-3-5-15(22)16(23)7-13/h3,5,7,14,17-18,28H,4,6,8-10H2,1-2H3,(H,24,29)(H2,25,26,30)/t14-,17-,18+/m1/s1. The molecule has 32 heavy (non-hydrogen) atoms. The first-order chi connectivity index (χ1) is 15.3. The van der Waals surface area contributed by atoms with Gasteiger partial charge in [0.2, 0.25) is 5.91 Å². The van der Waals surface area contributed by atoms with Crippen molar-refractivity contribution in [3.63, 3.8) is 0 Å². The van der Waals surface area contributed by atoms with E-state index in [0.29, 0.717) is 46.6 Å². The Morgan fingerprint density at radius 1 is 1.22 bits per heavy atom. The zero-order chi connectivity index (χ0) is 23.3. The van der Waals surface area contributed by atoms with E-state index in [1.807, 2.05) is 0 Å². The highest BCUT2D eigenvalue weighted by Gasteiger charge is 2.33. The summed E-state index contributed by atoms with van der Waals surface area (Å²) in [6, 6.07) is 4.33. The van der Waals surface area contributed by atoms with Crippen molar-refractivity contribution in [1.82, 2.24) is 15.8 Å². The number of anilines is 1. The topological polar surface area (TPSA) is 126 Å². The Bertz CT molecular complexity index is 948. The molecule has 0 spiro atoms. The van der Waals surface area contributed by atoms with Gasteiger partial charge in [0.15, 0.2) is 5.76 Å². The first-order valence-corrected chi connectivity index (χ1v) is 11.0. The van der Waals surface area contributed by atoms with Crippen molar-refractivity contribution in [3.05, 3.63) is 45.3 Å². The molecule has 0 unspecified atom stereocenters. The van der Waals surface area contributed by atoms with Gasteiger partial charge in [0.1, 0.15) is 17.5 Å². The summed E-state index contributed by atoms with van der Waals surface area (Å²) in [6.07, 6.45) is 0.296. The van der Waals surface area contributed by atoms with Crippen molar-refractivity contribution in [2.45, 2.75) is 57.9 Å². The maximum atomic E-state index is 12.4. The molecule has 1 aliphatic rings. The molecule has 0 aliphatic carbocycles. The lowest BCUT2D eigenvalue weighted by atomic mass is 9.97. The van der Waals surface area contributed by atoms with E-state index in [0.717, 1.165) is 5.56 Å². The van der Waals surface area contributed by atoms with Crippen molar-refractivity contribution in [2.75, 3.05) is 11.9 Å². The summed E-state index contributed by atoms with van der Waals surface area (Å²) in [5.74, 6) is 0.323. The Labute approximate surface area is 195 Å². The van der Waals surface area contributed by atoms with Gasteiger partial charge in [-0.05, 0) is 44.4 Å². The Kier molecular flexibility index (Phi) is 8.36. The van der Waals surface area contributed by atoms with Gasteiger partial charge in [-0.15, -0.1) is 0 Å². The molecule has 1 aliphatic heterocycles. The number of aliphatic hydroxyl groups excluding tert-OH is 1. The van der Waals surface area contributed by atoms with Crippen molar-refractivity contribution in [2.24, 2.45) is 0 Å². The van der Waals surface area contributed by atoms with E-state index < -0.39 is 18.2 Å². The van der Waals surface area contributed by atoms with Gasteiger partial charge in [-0.25, -0.2) is 4.79 Å². The van der Waals surface area contributed by atoms with Gasteiger partial charge < -0.3 is 30.3 Å². The number of benzene rings is 1. The van der Waals surface area contributed by atoms with Crippen LogP contribution in [0.1, 0.15) is 36.3 Å². The first-order valence-electron chi connectivity index (χ1n) is 10.2. The number of aryl methyl sites for hydroxylation is 2. The van der Waals surface area contributed by atoms with E-state index in [1.165, 1.54) is 0 Å². The highest BCUT2D eigenvalue weighted by molar-refractivity contribution is 6.42. The third kappa shape index (κ3) is 6.35. The van der Waals surface area contributed by atoms with Crippen molar-refractivity contribution in [3.8, 4) is 0 Å². The molecule has 1 aromatic carbocycles. The van der Waals surface area contributed by atoms with Crippen LogP contribution in [0.15, 0.2) is 22.7 Å². The van der Waals surface area contributed by atoms with Gasteiger partial charge >= 0.3 is 6.03 Å². The molecule has 11 heteroatoms. The molecule has 9 nitrogen and oxygen atoms in total. The molecule has 174 valence electrons. The molecule has 0 radical (unpaired) electrons. The molecule has 0 saturated carbocycles. The van der Waals surface area contributed by atoms with Crippen molar-refractivity contribution in [1.29, 1.82) is 0 Å². The zero-order valence-corrected chi connectivity index (χ0v) is 19.3. The van der Waals surface area contributed by atoms with Crippen LogP contribution in [0, 0.1) is 13.8 Å². The number of ether oxygens (including phenoxy) is 1. The van der Waals surface area contributed by atoms with Crippen LogP contribution >= 0.6 is 23.2 Å². The fourth-order valence-corrected chi connectivity index (χ4v) is 3.88. The molecule has 3 rings (SSSR count). The monoisotopic (exact) mass is 484 g/mol. The fraction of sp³-hybridized carbons (Fsp3) is 0.476. The lowest BCUT2D eigenvalue weighted by Gasteiger charge is -2.35. The zero-order valence-electron chi connectivity index (χ0n) is 17.8. The summed E-state index contributed by atoms with van der Waals surface area (Å²) >= 11 is 11.9. The first kappa shape index (κ1) is 24.3. The highest BCUT2D eigenvalue weighted by Crippen LogP contribution is 2.24. The number of nitrogens with one attached hydrogen (secondary N) is 3. The maximum absolute atomic E-state index is 12.4. The van der Waals surface area contributed by atoms with Crippen molar-refractivity contribution >= 4 is 40.8 Å². The quantitative estimate of drug-likeness (QED) is 0.477. The van der Waals surface area contributed by atoms with Crippen LogP contribution in [0.2, 0.25) is 10.0 Å². The summed E-state index contributed by atoms with van der Waals surface area (Å²) in [7, 11) is 0. The Morgan fingerprint density at radius 3 is 2.66 bits per heavy atom. The molecule has 2 heterocycles. The summed E-state index contributed by atoms with van der Waals surface area (Å²) in [6.45, 7) is 3.46. The van der Waals surface area contributed by atoms with Gasteiger partial charge in [0.25, 0.3) is 0 Å². The number of hydrogen-bond acceptors (Lipinski definition) is 6. The van der Waals surface area contributed by atoms with Gasteiger partial charge in [-0.3, -0.25) is 4.79 Å². The maximum Gasteiger partial charge on any atom is 0.319 e. The highest BCUT2D eigenvalue weighted by atomic mass is 35.5. The van der Waals surface area contributed by atoms with E-state index in [9.17, 15) is 14.7 Å². The van der Waals surface area contributed by atoms with E-state index in [2.05, 4.69) is 21.1 Å². The second-order valence-corrected chi connectivity index (χ2v) is 8.50. The smallest absolute Gasteiger partial charge is 0.319 e. The number of amides is 3. The Hall–Kier alpha value is -2.33. The molecule has 4 N–H and O–H groups in total. The average Bonchev–Trinajstić information content (AvgIpc) is 3.07. The number of halogens is 2. The fourth-order valence-electron chi connectivity index (χ4n) is 3.56. The molecule has 0 bridgehead atoms. The van der Waals surface area contributed by atoms with Gasteiger partial charge in [-0.1, -0.05) is 34.4 Å². The number of carbonyl (C=O) groups excluding carboxylic acids is 2. The molecule has 2 aromatic rings. The summed E-state index contributed by atoms with van der Waals surface area (Å²) in [4.78, 5) is 24.7. The number of rotatable bonds is 7.